The van der Waals surface area contributed by atoms with Gasteiger partial charge >= 0.3 is 7.40 Å². The summed E-state index contributed by atoms with van der Waals surface area (Å²) in [6, 6.07) is 17.6. The van der Waals surface area contributed by atoms with Crippen molar-refractivity contribution in [1.82, 2.24) is 24.6 Å². The Morgan fingerprint density at radius 1 is 0.768 bits per heavy atom. The van der Waals surface area contributed by atoms with E-state index in [0.29, 0.717) is 138 Å². The molecule has 4 aromatic rings. The number of carbonyl (C=O) groups is 3. The van der Waals surface area contributed by atoms with E-state index in [9.17, 15) is 23.0 Å². The van der Waals surface area contributed by atoms with Crippen molar-refractivity contribution in [3.05, 3.63) is 101 Å². The van der Waals surface area contributed by atoms with E-state index in [4.69, 9.17) is 28.4 Å². The van der Waals surface area contributed by atoms with E-state index < -0.39 is 7.40 Å². The lowest BCUT2D eigenvalue weighted by Crippen LogP contribution is -2.50. The molecule has 69 heavy (non-hydrogen) atoms. The number of carbonyl (C=O) groups excluding carboxylic acids is 3. The Morgan fingerprint density at radius 2 is 1.43 bits per heavy atom. The van der Waals surface area contributed by atoms with Crippen molar-refractivity contribution in [3.8, 4) is 10.6 Å². The van der Waals surface area contributed by atoms with Gasteiger partial charge in [-0.3, -0.25) is 42.7 Å². The zero-order valence-electron chi connectivity index (χ0n) is 38.6. The first-order chi connectivity index (χ1) is 33.8. The minimum Gasteiger partial charge on any atom is -0.378 e. The number of nitrogens with one attached hydrogen (secondary N) is 2. The minimum absolute atomic E-state index is 0.125. The maximum atomic E-state index is 13.9. The number of para-hydroxylation sites is 1. The van der Waals surface area contributed by atoms with Crippen LogP contribution in [-0.2, 0) is 38.0 Å². The Labute approximate surface area is 405 Å². The number of hydrogen-bond donors (Lipinski definition) is 2. The van der Waals surface area contributed by atoms with E-state index in [-0.39, 0.29) is 30.7 Å². The average molecular weight is 973 g/mol. The van der Waals surface area contributed by atoms with Crippen LogP contribution in [0.25, 0.3) is 16.6 Å². The number of pyridine rings is 1. The van der Waals surface area contributed by atoms with Gasteiger partial charge in [0.1, 0.15) is 0 Å². The second-order valence-corrected chi connectivity index (χ2v) is 16.9. The summed E-state index contributed by atoms with van der Waals surface area (Å²) < 4.78 is 62.4. The number of aliphatic imine (C=N–C) groups is 1. The first-order valence-electron chi connectivity index (χ1n) is 23.2. The molecular weight excluding hydrogens is 913 g/mol. The third-order valence-corrected chi connectivity index (χ3v) is 12.1. The van der Waals surface area contributed by atoms with Gasteiger partial charge in [0.15, 0.2) is 5.82 Å². The fraction of sp³-hybridized carbons (Fsp3) is 0.438. The molecule has 0 bridgehead atoms. The van der Waals surface area contributed by atoms with Crippen molar-refractivity contribution in [2.75, 3.05) is 135 Å². The zero-order chi connectivity index (χ0) is 48.0. The zero-order valence-corrected chi connectivity index (χ0v) is 39.4. The summed E-state index contributed by atoms with van der Waals surface area (Å²) in [5.74, 6) is -0.116. The van der Waals surface area contributed by atoms with E-state index in [0.717, 1.165) is 42.1 Å². The molecule has 3 aliphatic heterocycles. The fourth-order valence-corrected chi connectivity index (χ4v) is 8.48. The smallest absolute Gasteiger partial charge is 0.378 e. The molecule has 0 radical (unpaired) electrons. The Hall–Kier alpha value is -5.49. The number of benzene rings is 1. The molecule has 0 spiro atoms. The van der Waals surface area contributed by atoms with Crippen LogP contribution in [0.2, 0.25) is 0 Å². The van der Waals surface area contributed by atoms with Crippen LogP contribution in [0.3, 0.4) is 0 Å². The van der Waals surface area contributed by atoms with Crippen LogP contribution in [0.1, 0.15) is 28.9 Å². The summed E-state index contributed by atoms with van der Waals surface area (Å²) in [5, 5.41) is 7.56. The Morgan fingerprint density at radius 3 is 2.12 bits per heavy atom. The van der Waals surface area contributed by atoms with Gasteiger partial charge in [-0.15, -0.1) is 11.3 Å². The highest BCUT2D eigenvalue weighted by Crippen LogP contribution is 2.36. The number of fused-ring (bicyclic) bond motifs is 2. The van der Waals surface area contributed by atoms with Crippen molar-refractivity contribution in [1.29, 1.82) is 0 Å². The lowest BCUT2D eigenvalue weighted by Gasteiger charge is -2.35. The van der Waals surface area contributed by atoms with E-state index in [1.807, 2.05) is 23.6 Å². The molecule has 2 N–H and O–H groups in total. The van der Waals surface area contributed by atoms with Crippen LogP contribution in [0.4, 0.5) is 25.8 Å². The molecule has 3 aliphatic rings. The number of amides is 3. The van der Waals surface area contributed by atoms with Crippen molar-refractivity contribution < 1.29 is 51.4 Å². The largest absolute Gasteiger partial charge is 0.678 e. The highest BCUT2D eigenvalue weighted by molar-refractivity contribution is 7.13. The lowest BCUT2D eigenvalue weighted by molar-refractivity contribution is -0.121. The van der Waals surface area contributed by atoms with Gasteiger partial charge in [0.25, 0.3) is 5.91 Å². The van der Waals surface area contributed by atoms with Crippen molar-refractivity contribution in [2.45, 2.75) is 12.8 Å². The molecule has 0 atom stereocenters. The van der Waals surface area contributed by atoms with Gasteiger partial charge in [0.05, 0.1) is 114 Å². The van der Waals surface area contributed by atoms with Gasteiger partial charge in [-0.25, -0.2) is 4.98 Å². The normalized spacial score (nSPS) is 15.5. The first kappa shape index (κ1) is 51.4. The third kappa shape index (κ3) is 15.8. The molecule has 1 aromatic carbocycles. The maximum absolute atomic E-state index is 13.9. The Balaban J connectivity index is 0.614. The average Bonchev–Trinajstić information content (AvgIpc) is 4.14. The quantitative estimate of drug-likeness (QED) is 0.0535. The van der Waals surface area contributed by atoms with E-state index in [2.05, 4.69) is 30.4 Å². The highest BCUT2D eigenvalue weighted by Gasteiger charge is 2.32. The molecule has 6 heterocycles. The number of thiophene rings is 1. The van der Waals surface area contributed by atoms with Crippen molar-refractivity contribution in [2.24, 2.45) is 4.99 Å². The van der Waals surface area contributed by atoms with E-state index in [1.54, 1.807) is 71.8 Å². The summed E-state index contributed by atoms with van der Waals surface area (Å²) in [6.07, 6.45) is 7.48. The SMILES string of the molecule is O=C(CCC1=N/C(=C\c2ccc(-c3cccs3)n2B(F)F)C=C1)NCCOCCOCCOCCOCCOCCOCCN1CCN(CC(=O)N2c3ccccc3C(=O)Nc3cccnc32)CC1. The monoisotopic (exact) mass is 972 g/mol. The highest BCUT2D eigenvalue weighted by atomic mass is 32.1. The van der Waals surface area contributed by atoms with E-state index in [1.165, 1.54) is 11.3 Å². The molecule has 368 valence electrons. The predicted molar refractivity (Wildman–Crippen MR) is 261 cm³/mol. The van der Waals surface area contributed by atoms with Gasteiger partial charge in [-0.1, -0.05) is 18.2 Å². The van der Waals surface area contributed by atoms with Crippen LogP contribution in [0.15, 0.2) is 95.1 Å². The molecule has 7 rings (SSSR count). The molecule has 1 fully saturated rings. The van der Waals surface area contributed by atoms with Gasteiger partial charge in [-0.2, -0.15) is 0 Å². The van der Waals surface area contributed by atoms with E-state index >= 15 is 0 Å². The molecule has 3 aromatic heterocycles. The first-order valence-corrected chi connectivity index (χ1v) is 24.1. The standard InChI is InChI=1S/C48H59BF2N8O9S/c50-49(51)59-39(12-13-43(59)44-8-4-34-69-44)35-38-10-9-37(54-38)11-14-45(60)52-16-22-63-24-26-65-28-30-67-32-33-68-31-29-66-27-25-64-23-21-56-17-19-57(20-18-56)36-46(61)58-42-7-2-1-5-40(42)48(62)55-41-6-3-15-53-47(41)58/h1-10,12-13,15,34-35H,11,14,16-33,36H2,(H,52,60)(H,55,62)/b38-35-. The van der Waals surface area contributed by atoms with Gasteiger partial charge < -0.3 is 43.5 Å². The van der Waals surface area contributed by atoms with Crippen LogP contribution in [-0.4, -0.2) is 175 Å². The number of anilines is 3. The van der Waals surface area contributed by atoms with Crippen LogP contribution >= 0.6 is 11.3 Å². The summed E-state index contributed by atoms with van der Waals surface area (Å²) >= 11 is 1.41. The predicted octanol–water partition coefficient (Wildman–Crippen LogP) is 5.28. The topological polar surface area (TPSA) is 171 Å². The Kier molecular flexibility index (Phi) is 20.6. The van der Waals surface area contributed by atoms with Gasteiger partial charge in [-0.05, 0) is 72.5 Å². The minimum atomic E-state index is -2.69. The summed E-state index contributed by atoms with van der Waals surface area (Å²) in [4.78, 5) is 54.6. The summed E-state index contributed by atoms with van der Waals surface area (Å²) in [7, 11) is -2.69. The van der Waals surface area contributed by atoms with Crippen LogP contribution < -0.4 is 15.5 Å². The number of ether oxygens (including phenoxy) is 6. The molecule has 1 saturated heterocycles. The van der Waals surface area contributed by atoms with Crippen LogP contribution in [0.5, 0.6) is 0 Å². The number of aromatic nitrogens is 2. The lowest BCUT2D eigenvalue weighted by atomic mass is 10.1. The van der Waals surface area contributed by atoms with Gasteiger partial charge in [0, 0.05) is 68.2 Å². The summed E-state index contributed by atoms with van der Waals surface area (Å²) in [5.41, 5.74) is 3.55. The molecule has 0 aliphatic carbocycles. The van der Waals surface area contributed by atoms with Crippen molar-refractivity contribution in [3.63, 3.8) is 0 Å². The third-order valence-electron chi connectivity index (χ3n) is 11.2. The second-order valence-electron chi connectivity index (χ2n) is 16.0. The number of rotatable bonds is 29. The van der Waals surface area contributed by atoms with Crippen molar-refractivity contribution >= 4 is 65.4 Å². The van der Waals surface area contributed by atoms with Crippen LogP contribution in [0, 0.1) is 0 Å². The molecule has 0 saturated carbocycles. The molecular formula is C48H59BF2N8O9S. The molecule has 0 unspecified atom stereocenters. The number of piperazine rings is 1. The fourth-order valence-electron chi connectivity index (χ4n) is 7.73. The molecule has 17 nitrogen and oxygen atoms in total. The molecule has 3 amide bonds. The molecule has 21 heteroatoms. The number of halogens is 2. The maximum Gasteiger partial charge on any atom is 0.678 e. The second kappa shape index (κ2) is 27.6. The van der Waals surface area contributed by atoms with Gasteiger partial charge in [0.2, 0.25) is 11.8 Å². The number of hydrogen-bond acceptors (Lipinski definition) is 14. The Bertz CT molecular complexity index is 2360. The summed E-state index contributed by atoms with van der Waals surface area (Å²) in [6.45, 7) is 9.88. The number of allylic oxidation sites excluding steroid dienone is 2. The number of nitrogens with zero attached hydrogens (tertiary/aromatic N) is 6.